The molecule has 0 heterocycles. The zero-order valence-corrected chi connectivity index (χ0v) is 14.1. The minimum absolute atomic E-state index is 0.0591. The second kappa shape index (κ2) is 7.93. The molecule has 0 aliphatic heterocycles. The Kier molecular flexibility index (Phi) is 5.93. The Balaban J connectivity index is 1.92. The number of aryl methyl sites for hydroxylation is 1. The van der Waals surface area contributed by atoms with Crippen LogP contribution in [0.2, 0.25) is 5.02 Å². The molecule has 0 bridgehead atoms. The van der Waals surface area contributed by atoms with E-state index in [2.05, 4.69) is 5.32 Å². The largest absolute Gasteiger partial charge is 0.449 e. The van der Waals surface area contributed by atoms with Gasteiger partial charge in [0.2, 0.25) is 0 Å². The first kappa shape index (κ1) is 17.9. The Labute approximate surface area is 144 Å². The summed E-state index contributed by atoms with van der Waals surface area (Å²) in [5.74, 6) is -1.72. The van der Waals surface area contributed by atoms with E-state index in [1.54, 1.807) is 25.1 Å². The first-order chi connectivity index (χ1) is 11.4. The van der Waals surface area contributed by atoms with Crippen LogP contribution in [0.5, 0.6) is 0 Å². The number of carbonyl (C=O) groups is 2. The molecule has 0 saturated heterocycles. The van der Waals surface area contributed by atoms with Crippen molar-refractivity contribution in [3.63, 3.8) is 0 Å². The van der Waals surface area contributed by atoms with Gasteiger partial charge in [-0.3, -0.25) is 4.79 Å². The van der Waals surface area contributed by atoms with Crippen molar-refractivity contribution in [2.45, 2.75) is 26.5 Å². The van der Waals surface area contributed by atoms with Crippen LogP contribution >= 0.6 is 11.6 Å². The van der Waals surface area contributed by atoms with Gasteiger partial charge in [-0.1, -0.05) is 35.9 Å². The van der Waals surface area contributed by atoms with Gasteiger partial charge in [0.05, 0.1) is 5.56 Å². The number of rotatable bonds is 5. The van der Waals surface area contributed by atoms with E-state index >= 15 is 0 Å². The molecule has 0 aliphatic carbocycles. The number of esters is 1. The second-order valence-electron chi connectivity index (χ2n) is 5.32. The molecule has 24 heavy (non-hydrogen) atoms. The fraction of sp³-hybridized carbons (Fsp3) is 0.222. The van der Waals surface area contributed by atoms with E-state index in [1.165, 1.54) is 19.1 Å². The number of benzene rings is 2. The fourth-order valence-electron chi connectivity index (χ4n) is 1.97. The number of ether oxygens (including phenoxy) is 1. The number of carbonyl (C=O) groups excluding carboxylic acids is 2. The van der Waals surface area contributed by atoms with E-state index in [9.17, 15) is 14.0 Å². The third kappa shape index (κ3) is 4.55. The summed E-state index contributed by atoms with van der Waals surface area (Å²) in [5.41, 5.74) is 1.24. The van der Waals surface area contributed by atoms with Gasteiger partial charge < -0.3 is 10.1 Å². The number of hydrogen-bond donors (Lipinski definition) is 1. The van der Waals surface area contributed by atoms with Gasteiger partial charge in [-0.05, 0) is 43.2 Å². The molecule has 2 rings (SSSR count). The highest BCUT2D eigenvalue weighted by molar-refractivity contribution is 6.31. The van der Waals surface area contributed by atoms with Crippen molar-refractivity contribution >= 4 is 23.5 Å². The van der Waals surface area contributed by atoms with E-state index in [0.29, 0.717) is 10.6 Å². The summed E-state index contributed by atoms with van der Waals surface area (Å²) in [5, 5.41) is 3.18. The summed E-state index contributed by atoms with van der Waals surface area (Å²) in [4.78, 5) is 24.0. The third-order valence-electron chi connectivity index (χ3n) is 3.47. The van der Waals surface area contributed by atoms with Crippen molar-refractivity contribution in [3.05, 3.63) is 70.0 Å². The lowest BCUT2D eigenvalue weighted by Gasteiger charge is -2.14. The smallest absolute Gasteiger partial charge is 0.339 e. The Hall–Kier alpha value is -2.40. The van der Waals surface area contributed by atoms with Gasteiger partial charge in [-0.25, -0.2) is 9.18 Å². The highest BCUT2D eigenvalue weighted by Crippen LogP contribution is 2.15. The maximum absolute atomic E-state index is 13.5. The van der Waals surface area contributed by atoms with Crippen molar-refractivity contribution in [1.82, 2.24) is 5.32 Å². The number of halogens is 2. The molecule has 0 radical (unpaired) electrons. The normalized spacial score (nSPS) is 11.7. The molecule has 2 aromatic carbocycles. The van der Waals surface area contributed by atoms with Gasteiger partial charge in [0.25, 0.3) is 5.91 Å². The van der Waals surface area contributed by atoms with Crippen LogP contribution in [0.15, 0.2) is 42.5 Å². The van der Waals surface area contributed by atoms with Gasteiger partial charge >= 0.3 is 5.97 Å². The van der Waals surface area contributed by atoms with Crippen molar-refractivity contribution in [2.24, 2.45) is 0 Å². The third-order valence-corrected chi connectivity index (χ3v) is 3.84. The Bertz CT molecular complexity index is 764. The number of nitrogens with one attached hydrogen (secondary N) is 1. The second-order valence-corrected chi connectivity index (χ2v) is 5.73. The quantitative estimate of drug-likeness (QED) is 0.838. The van der Waals surface area contributed by atoms with Crippen molar-refractivity contribution < 1.29 is 18.7 Å². The van der Waals surface area contributed by atoms with E-state index in [4.69, 9.17) is 16.3 Å². The van der Waals surface area contributed by atoms with Crippen LogP contribution in [-0.4, -0.2) is 18.0 Å². The van der Waals surface area contributed by atoms with Crippen LogP contribution in [0.3, 0.4) is 0 Å². The Morgan fingerprint density at radius 2 is 1.96 bits per heavy atom. The highest BCUT2D eigenvalue weighted by Gasteiger charge is 2.19. The predicted molar refractivity (Wildman–Crippen MR) is 89.3 cm³/mol. The van der Waals surface area contributed by atoms with Crippen molar-refractivity contribution in [2.75, 3.05) is 0 Å². The molecule has 0 fully saturated rings. The first-order valence-corrected chi connectivity index (χ1v) is 7.74. The van der Waals surface area contributed by atoms with Crippen LogP contribution in [0.4, 0.5) is 4.39 Å². The van der Waals surface area contributed by atoms with Crippen LogP contribution in [0, 0.1) is 12.7 Å². The van der Waals surface area contributed by atoms with Gasteiger partial charge in [-0.2, -0.15) is 0 Å². The standard InChI is InChI=1S/C18H17ClFNO3/c1-11-7-8-13(9-16(11)20)18(23)24-12(2)17(22)21-10-14-5-3-4-6-15(14)19/h3-9,12H,10H2,1-2H3,(H,21,22). The van der Waals surface area contributed by atoms with Crippen LogP contribution in [0.25, 0.3) is 0 Å². The van der Waals surface area contributed by atoms with E-state index in [-0.39, 0.29) is 12.1 Å². The molecule has 1 amide bonds. The van der Waals surface area contributed by atoms with E-state index in [0.717, 1.165) is 11.6 Å². The lowest BCUT2D eigenvalue weighted by atomic mass is 10.1. The maximum atomic E-state index is 13.5. The molecule has 1 atom stereocenters. The average Bonchev–Trinajstić information content (AvgIpc) is 2.56. The predicted octanol–water partition coefficient (Wildman–Crippen LogP) is 3.65. The summed E-state index contributed by atoms with van der Waals surface area (Å²) >= 11 is 6.01. The molecule has 0 aromatic heterocycles. The molecule has 4 nitrogen and oxygen atoms in total. The molecule has 0 saturated carbocycles. The lowest BCUT2D eigenvalue weighted by Crippen LogP contribution is -2.35. The van der Waals surface area contributed by atoms with Crippen LogP contribution in [0.1, 0.15) is 28.4 Å². The monoisotopic (exact) mass is 349 g/mol. The van der Waals surface area contributed by atoms with E-state index < -0.39 is 23.8 Å². The molecule has 126 valence electrons. The number of amides is 1. The summed E-state index contributed by atoms with van der Waals surface area (Å²) in [6.45, 7) is 3.26. The van der Waals surface area contributed by atoms with Gasteiger partial charge in [-0.15, -0.1) is 0 Å². The summed E-state index contributed by atoms with van der Waals surface area (Å²) in [6, 6.07) is 11.1. The SMILES string of the molecule is Cc1ccc(C(=O)OC(C)C(=O)NCc2ccccc2Cl)cc1F. The Morgan fingerprint density at radius 3 is 2.62 bits per heavy atom. The molecule has 0 spiro atoms. The molecular formula is C18H17ClFNO3. The molecule has 2 aromatic rings. The van der Waals surface area contributed by atoms with Gasteiger partial charge in [0, 0.05) is 11.6 Å². The summed E-state index contributed by atoms with van der Waals surface area (Å²) < 4.78 is 18.5. The van der Waals surface area contributed by atoms with Gasteiger partial charge in [0.1, 0.15) is 5.82 Å². The molecule has 1 N–H and O–H groups in total. The lowest BCUT2D eigenvalue weighted by molar-refractivity contribution is -0.129. The average molecular weight is 350 g/mol. The molecule has 1 unspecified atom stereocenters. The molecule has 6 heteroatoms. The molecular weight excluding hydrogens is 333 g/mol. The maximum Gasteiger partial charge on any atom is 0.339 e. The van der Waals surface area contributed by atoms with E-state index in [1.807, 2.05) is 6.07 Å². The summed E-state index contributed by atoms with van der Waals surface area (Å²) in [6.07, 6.45) is -1.01. The van der Waals surface area contributed by atoms with Gasteiger partial charge in [0.15, 0.2) is 6.10 Å². The van der Waals surface area contributed by atoms with Crippen LogP contribution < -0.4 is 5.32 Å². The zero-order valence-electron chi connectivity index (χ0n) is 13.3. The fourth-order valence-corrected chi connectivity index (χ4v) is 2.17. The highest BCUT2D eigenvalue weighted by atomic mass is 35.5. The minimum Gasteiger partial charge on any atom is -0.449 e. The topological polar surface area (TPSA) is 55.4 Å². The first-order valence-electron chi connectivity index (χ1n) is 7.36. The van der Waals surface area contributed by atoms with Crippen molar-refractivity contribution in [1.29, 1.82) is 0 Å². The zero-order chi connectivity index (χ0) is 17.7. The summed E-state index contributed by atoms with van der Waals surface area (Å²) in [7, 11) is 0. The number of hydrogen-bond acceptors (Lipinski definition) is 3. The van der Waals surface area contributed by atoms with Crippen molar-refractivity contribution in [3.8, 4) is 0 Å². The molecule has 0 aliphatic rings. The minimum atomic E-state index is -1.01. The Morgan fingerprint density at radius 1 is 1.25 bits per heavy atom. The van der Waals surface area contributed by atoms with Crippen LogP contribution in [-0.2, 0) is 16.1 Å².